The third-order valence-corrected chi connectivity index (χ3v) is 3.69. The molecule has 5 nitrogen and oxygen atoms in total. The highest BCUT2D eigenvalue weighted by Gasteiger charge is 2.23. The van der Waals surface area contributed by atoms with Crippen LogP contribution in [0.3, 0.4) is 0 Å². The van der Waals surface area contributed by atoms with Gasteiger partial charge in [-0.1, -0.05) is 41.6 Å². The summed E-state index contributed by atoms with van der Waals surface area (Å²) >= 11 is 0. The lowest BCUT2D eigenvalue weighted by molar-refractivity contribution is 0.213. The lowest BCUT2D eigenvalue weighted by atomic mass is 9.92. The number of oxime groups is 1. The molecule has 0 unspecified atom stereocenters. The van der Waals surface area contributed by atoms with Gasteiger partial charge in [0.25, 0.3) is 0 Å². The summed E-state index contributed by atoms with van der Waals surface area (Å²) in [5.74, 6) is 0. The first-order chi connectivity index (χ1) is 11.4. The smallest absolute Gasteiger partial charge is 0.319 e. The van der Waals surface area contributed by atoms with Gasteiger partial charge in [0.2, 0.25) is 0 Å². The maximum Gasteiger partial charge on any atom is 0.319 e. The van der Waals surface area contributed by atoms with Crippen LogP contribution in [0.4, 0.5) is 10.5 Å². The van der Waals surface area contributed by atoms with Crippen LogP contribution in [0, 0.1) is 0 Å². The number of para-hydroxylation sites is 1. The zero-order valence-corrected chi connectivity index (χ0v) is 14.5. The Labute approximate surface area is 142 Å². The topological polar surface area (TPSA) is 62.7 Å². The van der Waals surface area contributed by atoms with Crippen LogP contribution in [0.5, 0.6) is 0 Å². The number of urea groups is 1. The summed E-state index contributed by atoms with van der Waals surface area (Å²) in [6, 6.07) is 17.0. The zero-order chi connectivity index (χ0) is 17.6. The van der Waals surface area contributed by atoms with Crippen molar-refractivity contribution in [3.63, 3.8) is 0 Å². The van der Waals surface area contributed by atoms with Crippen LogP contribution in [0.15, 0.2) is 59.8 Å². The van der Waals surface area contributed by atoms with Gasteiger partial charge in [-0.2, -0.15) is 0 Å². The third-order valence-electron chi connectivity index (χ3n) is 3.69. The lowest BCUT2D eigenvalue weighted by Crippen LogP contribution is -2.43. The molecular formula is C19H23N3O2. The SMILES string of the molecule is CO/N=C(\C)c1cccc(C(C)(C)NC(=O)Nc2ccccc2)c1. The molecule has 2 aromatic rings. The van der Waals surface area contributed by atoms with Gasteiger partial charge in [-0.15, -0.1) is 0 Å². The van der Waals surface area contributed by atoms with Crippen LogP contribution in [0.1, 0.15) is 31.9 Å². The Balaban J connectivity index is 2.13. The summed E-state index contributed by atoms with van der Waals surface area (Å²) in [6.45, 7) is 5.80. The normalized spacial score (nSPS) is 11.8. The highest BCUT2D eigenvalue weighted by Crippen LogP contribution is 2.22. The Morgan fingerprint density at radius 2 is 1.79 bits per heavy atom. The van der Waals surface area contributed by atoms with Crippen LogP contribution in [0.2, 0.25) is 0 Å². The van der Waals surface area contributed by atoms with Gasteiger partial charge in [-0.25, -0.2) is 4.79 Å². The Morgan fingerprint density at radius 3 is 2.46 bits per heavy atom. The second kappa shape index (κ2) is 7.64. The number of carbonyl (C=O) groups is 1. The molecule has 0 aliphatic heterocycles. The largest absolute Gasteiger partial charge is 0.399 e. The Morgan fingerprint density at radius 1 is 1.08 bits per heavy atom. The molecule has 0 radical (unpaired) electrons. The quantitative estimate of drug-likeness (QED) is 0.642. The van der Waals surface area contributed by atoms with Gasteiger partial charge in [0, 0.05) is 5.69 Å². The number of nitrogens with zero attached hydrogens (tertiary/aromatic N) is 1. The number of carbonyl (C=O) groups excluding carboxylic acids is 1. The molecule has 0 saturated heterocycles. The summed E-state index contributed by atoms with van der Waals surface area (Å²) in [4.78, 5) is 17.1. The van der Waals surface area contributed by atoms with E-state index in [0.717, 1.165) is 22.5 Å². The molecule has 2 N–H and O–H groups in total. The van der Waals surface area contributed by atoms with Crippen molar-refractivity contribution >= 4 is 17.4 Å². The van der Waals surface area contributed by atoms with E-state index in [4.69, 9.17) is 4.84 Å². The first-order valence-electron chi connectivity index (χ1n) is 7.75. The van der Waals surface area contributed by atoms with Gasteiger partial charge in [-0.05, 0) is 50.1 Å². The predicted octanol–water partition coefficient (Wildman–Crippen LogP) is 4.11. The molecule has 24 heavy (non-hydrogen) atoms. The zero-order valence-electron chi connectivity index (χ0n) is 14.5. The third kappa shape index (κ3) is 4.59. The second-order valence-corrected chi connectivity index (χ2v) is 6.01. The predicted molar refractivity (Wildman–Crippen MR) is 97.3 cm³/mol. The van der Waals surface area contributed by atoms with E-state index in [-0.39, 0.29) is 6.03 Å². The van der Waals surface area contributed by atoms with Crippen molar-refractivity contribution in [2.45, 2.75) is 26.3 Å². The Bertz CT molecular complexity index is 724. The second-order valence-electron chi connectivity index (χ2n) is 6.01. The molecule has 0 bridgehead atoms. The van der Waals surface area contributed by atoms with Crippen molar-refractivity contribution in [1.82, 2.24) is 5.32 Å². The molecule has 0 spiro atoms. The first-order valence-corrected chi connectivity index (χ1v) is 7.75. The standard InChI is InChI=1S/C19H23N3O2/c1-14(22-24-4)15-9-8-10-16(13-15)19(2,3)21-18(23)20-17-11-6-5-7-12-17/h5-13H,1-4H3,(H2,20,21,23)/b22-14+. The highest BCUT2D eigenvalue weighted by atomic mass is 16.6. The van der Waals surface area contributed by atoms with Gasteiger partial charge in [-0.3, -0.25) is 0 Å². The van der Waals surface area contributed by atoms with Gasteiger partial charge >= 0.3 is 6.03 Å². The molecular weight excluding hydrogens is 302 g/mol. The van der Waals surface area contributed by atoms with E-state index in [1.807, 2.05) is 75.4 Å². The van der Waals surface area contributed by atoms with E-state index in [0.29, 0.717) is 0 Å². The van der Waals surface area contributed by atoms with Crippen LogP contribution in [-0.2, 0) is 10.4 Å². The lowest BCUT2D eigenvalue weighted by Gasteiger charge is -2.27. The summed E-state index contributed by atoms with van der Waals surface area (Å²) < 4.78 is 0. The van der Waals surface area contributed by atoms with E-state index in [1.54, 1.807) is 0 Å². The number of amides is 2. The van der Waals surface area contributed by atoms with E-state index >= 15 is 0 Å². The average Bonchev–Trinajstić information content (AvgIpc) is 2.55. The van der Waals surface area contributed by atoms with Crippen molar-refractivity contribution in [3.05, 3.63) is 65.7 Å². The van der Waals surface area contributed by atoms with Crippen molar-refractivity contribution in [2.24, 2.45) is 5.16 Å². The van der Waals surface area contributed by atoms with Gasteiger partial charge in [0.1, 0.15) is 7.11 Å². The van der Waals surface area contributed by atoms with Crippen molar-refractivity contribution < 1.29 is 9.63 Å². The molecule has 0 aliphatic rings. The minimum atomic E-state index is -0.539. The minimum absolute atomic E-state index is 0.251. The fourth-order valence-corrected chi connectivity index (χ4v) is 2.36. The minimum Gasteiger partial charge on any atom is -0.399 e. The van der Waals surface area contributed by atoms with Gasteiger partial charge < -0.3 is 15.5 Å². The van der Waals surface area contributed by atoms with Gasteiger partial charge in [0.15, 0.2) is 0 Å². The molecule has 0 atom stereocenters. The van der Waals surface area contributed by atoms with E-state index in [2.05, 4.69) is 15.8 Å². The van der Waals surface area contributed by atoms with E-state index < -0.39 is 5.54 Å². The number of nitrogens with one attached hydrogen (secondary N) is 2. The number of hydrogen-bond acceptors (Lipinski definition) is 3. The average molecular weight is 325 g/mol. The molecule has 2 aromatic carbocycles. The van der Waals surface area contributed by atoms with E-state index in [9.17, 15) is 4.79 Å². The van der Waals surface area contributed by atoms with E-state index in [1.165, 1.54) is 7.11 Å². The monoisotopic (exact) mass is 325 g/mol. The number of benzene rings is 2. The summed E-state index contributed by atoms with van der Waals surface area (Å²) in [7, 11) is 1.52. The number of anilines is 1. The summed E-state index contributed by atoms with van der Waals surface area (Å²) in [5, 5.41) is 9.78. The maximum absolute atomic E-state index is 12.3. The number of hydrogen-bond donors (Lipinski definition) is 2. The fourth-order valence-electron chi connectivity index (χ4n) is 2.36. The molecule has 0 heterocycles. The number of rotatable bonds is 5. The van der Waals surface area contributed by atoms with Crippen LogP contribution in [0.25, 0.3) is 0 Å². The maximum atomic E-state index is 12.3. The van der Waals surface area contributed by atoms with Crippen LogP contribution >= 0.6 is 0 Å². The molecule has 2 amide bonds. The van der Waals surface area contributed by atoms with Crippen molar-refractivity contribution in [3.8, 4) is 0 Å². The fraction of sp³-hybridized carbons (Fsp3) is 0.263. The molecule has 2 rings (SSSR count). The molecule has 0 fully saturated rings. The molecule has 0 aliphatic carbocycles. The van der Waals surface area contributed by atoms with Crippen LogP contribution < -0.4 is 10.6 Å². The molecule has 0 aromatic heterocycles. The molecule has 0 saturated carbocycles. The van der Waals surface area contributed by atoms with Crippen molar-refractivity contribution in [2.75, 3.05) is 12.4 Å². The summed E-state index contributed by atoms with van der Waals surface area (Å²) in [6.07, 6.45) is 0. The Hall–Kier alpha value is -2.82. The van der Waals surface area contributed by atoms with Crippen LogP contribution in [-0.4, -0.2) is 18.9 Å². The van der Waals surface area contributed by atoms with Gasteiger partial charge in [0.05, 0.1) is 11.3 Å². The summed E-state index contributed by atoms with van der Waals surface area (Å²) in [5.41, 5.74) is 2.93. The molecule has 5 heteroatoms. The Kier molecular flexibility index (Phi) is 5.58. The van der Waals surface area contributed by atoms with Crippen molar-refractivity contribution in [1.29, 1.82) is 0 Å². The first kappa shape index (κ1) is 17.5. The molecule has 126 valence electrons. The highest BCUT2D eigenvalue weighted by molar-refractivity contribution is 5.98.